The lowest BCUT2D eigenvalue weighted by Gasteiger charge is -2.20. The lowest BCUT2D eigenvalue weighted by atomic mass is 9.92. The van der Waals surface area contributed by atoms with Gasteiger partial charge in [0.2, 0.25) is 0 Å². The largest absolute Gasteiger partial charge is 0.314 e. The fourth-order valence-electron chi connectivity index (χ4n) is 2.30. The number of thiophene rings is 1. The van der Waals surface area contributed by atoms with Crippen molar-refractivity contribution in [1.82, 2.24) is 5.32 Å². The Morgan fingerprint density at radius 2 is 2.05 bits per heavy atom. The summed E-state index contributed by atoms with van der Waals surface area (Å²) in [7, 11) is 0. The molecule has 2 rings (SSSR count). The molecule has 0 radical (unpaired) electrons. The highest BCUT2D eigenvalue weighted by Crippen LogP contribution is 2.22. The maximum Gasteiger partial charge on any atom is 0.00257 e. The maximum absolute atomic E-state index is 3.58. The van der Waals surface area contributed by atoms with Gasteiger partial charge in [-0.15, -0.1) is 0 Å². The molecule has 0 aliphatic heterocycles. The average Bonchev–Trinajstić information content (AvgIpc) is 2.87. The smallest absolute Gasteiger partial charge is 0.00257 e. The predicted octanol–water partition coefficient (Wildman–Crippen LogP) is 4.38. The summed E-state index contributed by atoms with van der Waals surface area (Å²) in [5.41, 5.74) is 4.23. The van der Waals surface area contributed by atoms with Crippen molar-refractivity contribution < 1.29 is 0 Å². The van der Waals surface area contributed by atoms with E-state index >= 15 is 0 Å². The van der Waals surface area contributed by atoms with Crippen LogP contribution in [0.2, 0.25) is 0 Å². The summed E-state index contributed by atoms with van der Waals surface area (Å²) in [6.07, 6.45) is 1.12. The minimum atomic E-state index is 0.537. The summed E-state index contributed by atoms with van der Waals surface area (Å²) < 4.78 is 0. The van der Waals surface area contributed by atoms with Gasteiger partial charge in [0.1, 0.15) is 0 Å². The third-order valence-corrected chi connectivity index (χ3v) is 4.08. The van der Waals surface area contributed by atoms with Crippen molar-refractivity contribution in [2.45, 2.75) is 39.2 Å². The molecule has 0 fully saturated rings. The van der Waals surface area contributed by atoms with Gasteiger partial charge in [0.15, 0.2) is 0 Å². The van der Waals surface area contributed by atoms with E-state index in [2.05, 4.69) is 67.2 Å². The number of nitrogens with one attached hydrogen (secondary N) is 1. The van der Waals surface area contributed by atoms with Crippen LogP contribution in [0.5, 0.6) is 0 Å². The van der Waals surface area contributed by atoms with E-state index in [-0.39, 0.29) is 0 Å². The zero-order valence-electron chi connectivity index (χ0n) is 12.0. The molecule has 0 saturated carbocycles. The van der Waals surface area contributed by atoms with Gasteiger partial charge in [0, 0.05) is 18.5 Å². The standard InChI is InChI=1S/C17H23NS/c1-13(2)18-11-17(10-15-7-8-19-12-15)16-6-4-5-14(3)9-16/h4-9,12-13,17-18H,10-11H2,1-3H3. The third kappa shape index (κ3) is 4.48. The first-order valence-corrected chi connectivity index (χ1v) is 7.90. The van der Waals surface area contributed by atoms with Crippen LogP contribution in [-0.4, -0.2) is 12.6 Å². The molecular weight excluding hydrogens is 250 g/mol. The lowest BCUT2D eigenvalue weighted by molar-refractivity contribution is 0.527. The van der Waals surface area contributed by atoms with Crippen LogP contribution in [0.3, 0.4) is 0 Å². The average molecular weight is 273 g/mol. The van der Waals surface area contributed by atoms with Gasteiger partial charge in [-0.2, -0.15) is 11.3 Å². The number of hydrogen-bond donors (Lipinski definition) is 1. The zero-order chi connectivity index (χ0) is 13.7. The first kappa shape index (κ1) is 14.3. The molecule has 0 spiro atoms. The van der Waals surface area contributed by atoms with E-state index < -0.39 is 0 Å². The van der Waals surface area contributed by atoms with Crippen molar-refractivity contribution in [3.8, 4) is 0 Å². The van der Waals surface area contributed by atoms with Gasteiger partial charge in [0.25, 0.3) is 0 Å². The van der Waals surface area contributed by atoms with Crippen LogP contribution in [0.15, 0.2) is 41.1 Å². The predicted molar refractivity (Wildman–Crippen MR) is 85.1 cm³/mol. The van der Waals surface area contributed by atoms with Crippen LogP contribution in [0, 0.1) is 6.92 Å². The topological polar surface area (TPSA) is 12.0 Å². The molecule has 0 aliphatic carbocycles. The van der Waals surface area contributed by atoms with Crippen molar-refractivity contribution in [2.75, 3.05) is 6.54 Å². The first-order valence-electron chi connectivity index (χ1n) is 6.96. The Morgan fingerprint density at radius 3 is 2.68 bits per heavy atom. The van der Waals surface area contributed by atoms with Crippen LogP contribution in [-0.2, 0) is 6.42 Å². The molecular formula is C17H23NS. The first-order chi connectivity index (χ1) is 9.15. The molecule has 1 atom stereocenters. The Balaban J connectivity index is 2.13. The molecule has 1 N–H and O–H groups in total. The molecule has 1 heterocycles. The fraction of sp³-hybridized carbons (Fsp3) is 0.412. The van der Waals surface area contributed by atoms with Crippen LogP contribution < -0.4 is 5.32 Å². The molecule has 2 heteroatoms. The Labute approximate surface area is 120 Å². The van der Waals surface area contributed by atoms with Crippen LogP contribution in [0.1, 0.15) is 36.5 Å². The molecule has 0 saturated heterocycles. The Bertz CT molecular complexity index is 488. The Hall–Kier alpha value is -1.12. The minimum Gasteiger partial charge on any atom is -0.314 e. The van der Waals surface area contributed by atoms with E-state index in [1.165, 1.54) is 16.7 Å². The van der Waals surface area contributed by atoms with E-state index in [4.69, 9.17) is 0 Å². The highest BCUT2D eigenvalue weighted by Gasteiger charge is 2.13. The maximum atomic E-state index is 3.58. The normalized spacial score (nSPS) is 12.8. The molecule has 0 aliphatic rings. The number of aryl methyl sites for hydroxylation is 1. The molecule has 2 aromatic rings. The minimum absolute atomic E-state index is 0.537. The molecule has 102 valence electrons. The molecule has 19 heavy (non-hydrogen) atoms. The van der Waals surface area contributed by atoms with E-state index in [0.29, 0.717) is 12.0 Å². The number of rotatable bonds is 6. The highest BCUT2D eigenvalue weighted by molar-refractivity contribution is 7.07. The summed E-state index contributed by atoms with van der Waals surface area (Å²) in [6, 6.07) is 11.7. The summed E-state index contributed by atoms with van der Waals surface area (Å²) in [6.45, 7) is 7.62. The van der Waals surface area contributed by atoms with Crippen LogP contribution >= 0.6 is 11.3 Å². The van der Waals surface area contributed by atoms with Gasteiger partial charge in [0.05, 0.1) is 0 Å². The highest BCUT2D eigenvalue weighted by atomic mass is 32.1. The molecule has 1 nitrogen and oxygen atoms in total. The second-order valence-electron chi connectivity index (χ2n) is 5.51. The van der Waals surface area contributed by atoms with Crippen molar-refractivity contribution in [3.05, 3.63) is 57.8 Å². The fourth-order valence-corrected chi connectivity index (χ4v) is 2.98. The Morgan fingerprint density at radius 1 is 1.21 bits per heavy atom. The van der Waals surface area contributed by atoms with Gasteiger partial charge in [-0.25, -0.2) is 0 Å². The van der Waals surface area contributed by atoms with Crippen molar-refractivity contribution in [1.29, 1.82) is 0 Å². The summed E-state index contributed by atoms with van der Waals surface area (Å²) in [5, 5.41) is 8.01. The van der Waals surface area contributed by atoms with E-state index in [1.807, 2.05) is 0 Å². The van der Waals surface area contributed by atoms with Gasteiger partial charge in [-0.1, -0.05) is 43.7 Å². The van der Waals surface area contributed by atoms with Crippen LogP contribution in [0.4, 0.5) is 0 Å². The van der Waals surface area contributed by atoms with Gasteiger partial charge < -0.3 is 5.32 Å². The monoisotopic (exact) mass is 273 g/mol. The van der Waals surface area contributed by atoms with Crippen molar-refractivity contribution in [2.24, 2.45) is 0 Å². The number of benzene rings is 1. The SMILES string of the molecule is Cc1cccc(C(CNC(C)C)Cc2ccsc2)c1. The lowest BCUT2D eigenvalue weighted by Crippen LogP contribution is -2.28. The second-order valence-corrected chi connectivity index (χ2v) is 6.29. The van der Waals surface area contributed by atoms with Gasteiger partial charge in [-0.3, -0.25) is 0 Å². The molecule has 0 bridgehead atoms. The van der Waals surface area contributed by atoms with Gasteiger partial charge in [-0.05, 0) is 41.3 Å². The Kier molecular flexibility index (Phi) is 5.17. The summed E-state index contributed by atoms with van der Waals surface area (Å²) >= 11 is 1.78. The third-order valence-electron chi connectivity index (χ3n) is 3.35. The molecule has 1 aromatic carbocycles. The van der Waals surface area contributed by atoms with Crippen LogP contribution in [0.25, 0.3) is 0 Å². The van der Waals surface area contributed by atoms with Crippen molar-refractivity contribution >= 4 is 11.3 Å². The quantitative estimate of drug-likeness (QED) is 0.823. The van der Waals surface area contributed by atoms with Gasteiger partial charge >= 0.3 is 0 Å². The molecule has 1 aromatic heterocycles. The zero-order valence-corrected chi connectivity index (χ0v) is 12.8. The summed E-state index contributed by atoms with van der Waals surface area (Å²) in [4.78, 5) is 0. The second kappa shape index (κ2) is 6.88. The number of hydrogen-bond acceptors (Lipinski definition) is 2. The van der Waals surface area contributed by atoms with Crippen molar-refractivity contribution in [3.63, 3.8) is 0 Å². The molecule has 0 amide bonds. The molecule has 1 unspecified atom stereocenters. The van der Waals surface area contributed by atoms with E-state index in [0.717, 1.165) is 13.0 Å². The van der Waals surface area contributed by atoms with E-state index in [1.54, 1.807) is 11.3 Å². The summed E-state index contributed by atoms with van der Waals surface area (Å²) in [5.74, 6) is 0.553. The van der Waals surface area contributed by atoms with E-state index in [9.17, 15) is 0 Å².